The van der Waals surface area contributed by atoms with E-state index in [-0.39, 0.29) is 29.8 Å². The van der Waals surface area contributed by atoms with Crippen LogP contribution in [0.25, 0.3) is 0 Å². The molecule has 0 bridgehead atoms. The number of carbonyl (C=O) groups excluding carboxylic acids is 2. The van der Waals surface area contributed by atoms with E-state index in [9.17, 15) is 9.59 Å². The SMILES string of the molecule is Cc1ccc(CN2C(=O)C3CCCN3C(=O)C2C(C)C)s1. The Hall–Kier alpha value is -1.36. The molecule has 2 unspecified atom stereocenters. The normalized spacial score (nSPS) is 25.9. The predicted molar refractivity (Wildman–Crippen MR) is 83.0 cm³/mol. The molecule has 2 aliphatic rings. The summed E-state index contributed by atoms with van der Waals surface area (Å²) >= 11 is 1.70. The largest absolute Gasteiger partial charge is 0.329 e. The van der Waals surface area contributed by atoms with Gasteiger partial charge in [0, 0.05) is 16.3 Å². The highest BCUT2D eigenvalue weighted by Gasteiger charge is 2.48. The van der Waals surface area contributed by atoms with E-state index in [1.165, 1.54) is 4.88 Å². The van der Waals surface area contributed by atoms with Gasteiger partial charge in [0.25, 0.3) is 0 Å². The van der Waals surface area contributed by atoms with E-state index in [1.54, 1.807) is 11.3 Å². The summed E-state index contributed by atoms with van der Waals surface area (Å²) in [5.74, 6) is 0.418. The van der Waals surface area contributed by atoms with Crippen molar-refractivity contribution in [3.05, 3.63) is 21.9 Å². The number of aryl methyl sites for hydroxylation is 1. The van der Waals surface area contributed by atoms with E-state index in [1.807, 2.05) is 23.6 Å². The molecule has 0 saturated carbocycles. The first kappa shape index (κ1) is 14.6. The molecule has 0 spiro atoms. The third-order valence-corrected chi connectivity index (χ3v) is 5.43. The number of hydrogen-bond acceptors (Lipinski definition) is 3. The maximum Gasteiger partial charge on any atom is 0.246 e. The highest BCUT2D eigenvalue weighted by molar-refractivity contribution is 7.11. The van der Waals surface area contributed by atoms with Gasteiger partial charge >= 0.3 is 0 Å². The molecule has 1 aromatic heterocycles. The first-order valence-corrected chi connectivity index (χ1v) is 8.47. The van der Waals surface area contributed by atoms with Crippen LogP contribution >= 0.6 is 11.3 Å². The van der Waals surface area contributed by atoms with Crippen molar-refractivity contribution in [1.82, 2.24) is 9.80 Å². The Balaban J connectivity index is 1.90. The summed E-state index contributed by atoms with van der Waals surface area (Å²) in [4.78, 5) is 31.6. The molecule has 0 N–H and O–H groups in total. The van der Waals surface area contributed by atoms with E-state index < -0.39 is 0 Å². The summed E-state index contributed by atoms with van der Waals surface area (Å²) in [6, 6.07) is 3.61. The van der Waals surface area contributed by atoms with Crippen molar-refractivity contribution in [2.24, 2.45) is 5.92 Å². The van der Waals surface area contributed by atoms with Crippen molar-refractivity contribution in [3.8, 4) is 0 Å². The number of amides is 2. The number of hydrogen-bond donors (Lipinski definition) is 0. The van der Waals surface area contributed by atoms with E-state index in [0.29, 0.717) is 6.54 Å². The number of piperazine rings is 1. The standard InChI is InChI=1S/C16H22N2O2S/c1-10(2)14-16(20)17-8-4-5-13(17)15(19)18(14)9-12-7-6-11(3)21-12/h6-7,10,13-14H,4-5,8-9H2,1-3H3. The zero-order chi connectivity index (χ0) is 15.1. The van der Waals surface area contributed by atoms with Crippen LogP contribution in [0.2, 0.25) is 0 Å². The molecule has 0 aliphatic carbocycles. The molecule has 2 atom stereocenters. The highest BCUT2D eigenvalue weighted by atomic mass is 32.1. The van der Waals surface area contributed by atoms with Gasteiger partial charge in [0.1, 0.15) is 12.1 Å². The Morgan fingerprint density at radius 1 is 1.29 bits per heavy atom. The zero-order valence-corrected chi connectivity index (χ0v) is 13.7. The average Bonchev–Trinajstić information content (AvgIpc) is 3.04. The molecule has 2 aliphatic heterocycles. The van der Waals surface area contributed by atoms with Gasteiger partial charge in [0.15, 0.2) is 0 Å². The number of thiophene rings is 1. The Labute approximate surface area is 129 Å². The van der Waals surface area contributed by atoms with Crippen LogP contribution in [-0.2, 0) is 16.1 Å². The molecule has 114 valence electrons. The van der Waals surface area contributed by atoms with Crippen molar-refractivity contribution in [1.29, 1.82) is 0 Å². The van der Waals surface area contributed by atoms with Crippen LogP contribution in [0.4, 0.5) is 0 Å². The van der Waals surface area contributed by atoms with E-state index >= 15 is 0 Å². The molecule has 0 radical (unpaired) electrons. The minimum absolute atomic E-state index is 0.136. The van der Waals surface area contributed by atoms with Gasteiger partial charge in [-0.2, -0.15) is 0 Å². The monoisotopic (exact) mass is 306 g/mol. The van der Waals surface area contributed by atoms with E-state index in [4.69, 9.17) is 0 Å². The predicted octanol–water partition coefficient (Wildman–Crippen LogP) is 2.41. The van der Waals surface area contributed by atoms with Crippen LogP contribution in [0.15, 0.2) is 12.1 Å². The van der Waals surface area contributed by atoms with Gasteiger partial charge in [-0.05, 0) is 37.8 Å². The molecule has 2 fully saturated rings. The van der Waals surface area contributed by atoms with Gasteiger partial charge in [0.2, 0.25) is 11.8 Å². The van der Waals surface area contributed by atoms with Crippen molar-refractivity contribution >= 4 is 23.2 Å². The van der Waals surface area contributed by atoms with Gasteiger partial charge in [-0.15, -0.1) is 11.3 Å². The van der Waals surface area contributed by atoms with E-state index in [0.717, 1.165) is 24.3 Å². The lowest BCUT2D eigenvalue weighted by atomic mass is 9.96. The fourth-order valence-corrected chi connectivity index (χ4v) is 4.37. The van der Waals surface area contributed by atoms with Crippen molar-refractivity contribution in [3.63, 3.8) is 0 Å². The topological polar surface area (TPSA) is 40.6 Å². The van der Waals surface area contributed by atoms with Gasteiger partial charge in [-0.3, -0.25) is 9.59 Å². The molecule has 4 nitrogen and oxygen atoms in total. The minimum atomic E-state index is -0.311. The van der Waals surface area contributed by atoms with Crippen LogP contribution in [0.5, 0.6) is 0 Å². The molecule has 21 heavy (non-hydrogen) atoms. The minimum Gasteiger partial charge on any atom is -0.329 e. The Kier molecular flexibility index (Phi) is 3.78. The third kappa shape index (κ3) is 2.48. The Morgan fingerprint density at radius 3 is 2.67 bits per heavy atom. The summed E-state index contributed by atoms with van der Waals surface area (Å²) in [5, 5.41) is 0. The number of rotatable bonds is 3. The average molecular weight is 306 g/mol. The van der Waals surface area contributed by atoms with Crippen LogP contribution < -0.4 is 0 Å². The lowest BCUT2D eigenvalue weighted by molar-refractivity contribution is -0.162. The molecule has 1 aromatic rings. The van der Waals surface area contributed by atoms with Crippen LogP contribution in [-0.4, -0.2) is 40.2 Å². The third-order valence-electron chi connectivity index (χ3n) is 4.45. The smallest absolute Gasteiger partial charge is 0.246 e. The maximum atomic E-state index is 12.8. The van der Waals surface area contributed by atoms with Gasteiger partial charge < -0.3 is 9.80 Å². The summed E-state index contributed by atoms with van der Waals surface area (Å²) in [6.07, 6.45) is 1.76. The Morgan fingerprint density at radius 2 is 2.05 bits per heavy atom. The second kappa shape index (κ2) is 5.44. The second-order valence-electron chi connectivity index (χ2n) is 6.36. The van der Waals surface area contributed by atoms with Crippen molar-refractivity contribution in [2.75, 3.05) is 6.54 Å². The second-order valence-corrected chi connectivity index (χ2v) is 7.73. The van der Waals surface area contributed by atoms with Gasteiger partial charge in [-0.25, -0.2) is 0 Å². The van der Waals surface area contributed by atoms with Gasteiger partial charge in [-0.1, -0.05) is 13.8 Å². The molecule has 2 amide bonds. The van der Waals surface area contributed by atoms with Crippen LogP contribution in [0, 0.1) is 12.8 Å². The number of carbonyl (C=O) groups is 2. The van der Waals surface area contributed by atoms with Gasteiger partial charge in [0.05, 0.1) is 6.54 Å². The van der Waals surface area contributed by atoms with Crippen LogP contribution in [0.1, 0.15) is 36.4 Å². The summed E-state index contributed by atoms with van der Waals surface area (Å²) in [7, 11) is 0. The molecule has 3 heterocycles. The maximum absolute atomic E-state index is 12.8. The quantitative estimate of drug-likeness (QED) is 0.860. The molecular weight excluding hydrogens is 284 g/mol. The summed E-state index contributed by atoms with van der Waals surface area (Å²) in [5.41, 5.74) is 0. The molecule has 0 aromatic carbocycles. The van der Waals surface area contributed by atoms with Crippen molar-refractivity contribution in [2.45, 2.75) is 52.2 Å². The first-order chi connectivity index (χ1) is 9.99. The summed E-state index contributed by atoms with van der Waals surface area (Å²) in [6.45, 7) is 7.43. The molecule has 2 saturated heterocycles. The fourth-order valence-electron chi connectivity index (χ4n) is 3.48. The highest BCUT2D eigenvalue weighted by Crippen LogP contribution is 2.31. The lowest BCUT2D eigenvalue weighted by Gasteiger charge is -2.43. The first-order valence-electron chi connectivity index (χ1n) is 7.65. The lowest BCUT2D eigenvalue weighted by Crippen LogP contribution is -2.63. The number of fused-ring (bicyclic) bond motifs is 1. The molecular formula is C16H22N2O2S. The zero-order valence-electron chi connectivity index (χ0n) is 12.8. The van der Waals surface area contributed by atoms with E-state index in [2.05, 4.69) is 19.1 Å². The van der Waals surface area contributed by atoms with Crippen LogP contribution in [0.3, 0.4) is 0 Å². The molecule has 5 heteroatoms. The fraction of sp³-hybridized carbons (Fsp3) is 0.625. The molecule has 3 rings (SSSR count). The van der Waals surface area contributed by atoms with Crippen molar-refractivity contribution < 1.29 is 9.59 Å². The summed E-state index contributed by atoms with van der Waals surface area (Å²) < 4.78 is 0. The number of nitrogens with zero attached hydrogens (tertiary/aromatic N) is 2. The Bertz CT molecular complexity index is 566.